The zero-order chi connectivity index (χ0) is 36.0. The molecule has 9 heteroatoms. The Morgan fingerprint density at radius 3 is 1.65 bits per heavy atom. The SMILES string of the molecule is CCCCCCC/C=C/CCCC[C@@H](O)[C@H](CO[C@H]1O[C@@H](CO)[C@H](O)C(O)C1O)NC(=O)CCCCCCC/C=C/CCCCCCCC. The third kappa shape index (κ3) is 23.0. The molecule has 1 aliphatic heterocycles. The highest BCUT2D eigenvalue weighted by atomic mass is 16.7. The Morgan fingerprint density at radius 1 is 0.673 bits per heavy atom. The number of hydrogen-bond donors (Lipinski definition) is 6. The van der Waals surface area contributed by atoms with E-state index in [1.54, 1.807) is 0 Å². The summed E-state index contributed by atoms with van der Waals surface area (Å²) in [6, 6.07) is -0.735. The monoisotopic (exact) mass is 698 g/mol. The lowest BCUT2D eigenvalue weighted by atomic mass is 9.99. The van der Waals surface area contributed by atoms with E-state index in [0.29, 0.717) is 12.8 Å². The van der Waals surface area contributed by atoms with Gasteiger partial charge in [-0.25, -0.2) is 0 Å². The predicted octanol–water partition coefficient (Wildman–Crippen LogP) is 7.16. The fourth-order valence-corrected chi connectivity index (χ4v) is 6.21. The van der Waals surface area contributed by atoms with Gasteiger partial charge < -0.3 is 40.3 Å². The van der Waals surface area contributed by atoms with Crippen LogP contribution in [0.25, 0.3) is 0 Å². The van der Waals surface area contributed by atoms with Gasteiger partial charge in [-0.15, -0.1) is 0 Å². The highest BCUT2D eigenvalue weighted by Crippen LogP contribution is 2.23. The lowest BCUT2D eigenvalue weighted by Crippen LogP contribution is -2.60. The number of allylic oxidation sites excluding steroid dienone is 4. The second kappa shape index (κ2) is 31.4. The first kappa shape index (κ1) is 45.7. The number of rotatable bonds is 32. The lowest BCUT2D eigenvalue weighted by molar-refractivity contribution is -0.302. The molecule has 2 unspecified atom stereocenters. The van der Waals surface area contributed by atoms with E-state index in [1.165, 1.54) is 77.0 Å². The van der Waals surface area contributed by atoms with E-state index in [4.69, 9.17) is 9.47 Å². The van der Waals surface area contributed by atoms with Crippen molar-refractivity contribution in [2.75, 3.05) is 13.2 Å². The Morgan fingerprint density at radius 2 is 1.14 bits per heavy atom. The minimum Gasteiger partial charge on any atom is -0.394 e. The Labute approximate surface area is 298 Å². The number of ether oxygens (including phenoxy) is 2. The Bertz CT molecular complexity index is 822. The predicted molar refractivity (Wildman–Crippen MR) is 198 cm³/mol. The molecule has 288 valence electrons. The summed E-state index contributed by atoms with van der Waals surface area (Å²) in [5.74, 6) is -0.166. The third-order valence-electron chi connectivity index (χ3n) is 9.53. The van der Waals surface area contributed by atoms with Crippen LogP contribution in [0.2, 0.25) is 0 Å². The van der Waals surface area contributed by atoms with Crippen LogP contribution in [0.3, 0.4) is 0 Å². The Kier molecular flexibility index (Phi) is 29.3. The van der Waals surface area contributed by atoms with Crippen molar-refractivity contribution in [3.05, 3.63) is 24.3 Å². The average molecular weight is 698 g/mol. The number of carbonyl (C=O) groups is 1. The van der Waals surface area contributed by atoms with Gasteiger partial charge in [0, 0.05) is 6.42 Å². The van der Waals surface area contributed by atoms with Gasteiger partial charge in [0.05, 0.1) is 25.4 Å². The molecule has 0 radical (unpaired) electrons. The molecule has 1 saturated heterocycles. The quantitative estimate of drug-likeness (QED) is 0.0320. The highest BCUT2D eigenvalue weighted by Gasteiger charge is 2.44. The number of aliphatic hydroxyl groups excluding tert-OH is 5. The van der Waals surface area contributed by atoms with Gasteiger partial charge in [0.2, 0.25) is 5.91 Å². The van der Waals surface area contributed by atoms with Crippen LogP contribution in [0.4, 0.5) is 0 Å². The first-order valence-electron chi connectivity index (χ1n) is 20.0. The summed E-state index contributed by atoms with van der Waals surface area (Å²) in [4.78, 5) is 12.9. The largest absolute Gasteiger partial charge is 0.394 e. The van der Waals surface area contributed by atoms with E-state index in [9.17, 15) is 30.3 Å². The summed E-state index contributed by atoms with van der Waals surface area (Å²) in [5, 5.41) is 54.0. The van der Waals surface area contributed by atoms with Crippen LogP contribution in [0.15, 0.2) is 24.3 Å². The molecule has 0 aromatic carbocycles. The maximum atomic E-state index is 12.9. The third-order valence-corrected chi connectivity index (χ3v) is 9.53. The molecule has 7 atom stereocenters. The Hall–Kier alpha value is -1.33. The van der Waals surface area contributed by atoms with Gasteiger partial charge in [0.25, 0.3) is 0 Å². The molecular formula is C40H75NO8. The second-order valence-electron chi connectivity index (χ2n) is 14.1. The molecule has 0 spiro atoms. The van der Waals surface area contributed by atoms with Crippen molar-refractivity contribution in [2.45, 2.75) is 211 Å². The molecule has 0 saturated carbocycles. The van der Waals surface area contributed by atoms with Crippen LogP contribution in [0.5, 0.6) is 0 Å². The van der Waals surface area contributed by atoms with Gasteiger partial charge in [-0.3, -0.25) is 4.79 Å². The number of amides is 1. The first-order valence-corrected chi connectivity index (χ1v) is 20.0. The van der Waals surface area contributed by atoms with Gasteiger partial charge in [0.15, 0.2) is 6.29 Å². The molecule has 1 amide bonds. The summed E-state index contributed by atoms with van der Waals surface area (Å²) in [5.41, 5.74) is 0. The van der Waals surface area contributed by atoms with Crippen molar-refractivity contribution in [3.8, 4) is 0 Å². The van der Waals surface area contributed by atoms with Crippen molar-refractivity contribution in [1.29, 1.82) is 0 Å². The molecule has 1 rings (SSSR count). The first-order chi connectivity index (χ1) is 23.8. The molecule has 1 aliphatic rings. The molecule has 49 heavy (non-hydrogen) atoms. The number of aliphatic hydroxyl groups is 5. The summed E-state index contributed by atoms with van der Waals surface area (Å²) in [7, 11) is 0. The summed E-state index contributed by atoms with van der Waals surface area (Å²) in [6.07, 6.45) is 27.6. The number of carbonyl (C=O) groups excluding carboxylic acids is 1. The minimum absolute atomic E-state index is 0.153. The summed E-state index contributed by atoms with van der Waals surface area (Å²) >= 11 is 0. The standard InChI is InChI=1S/C40H75NO8/c1-3-5-7-9-11-13-15-16-17-18-20-22-24-26-28-30-36(44)41-33(32-48-40-39(47)38(46)37(45)35(31-42)49-40)34(43)29-27-25-23-21-19-14-12-10-8-6-4-2/h16-17,19,21,33-35,37-40,42-43,45-47H,3-15,18,20,22-32H2,1-2H3,(H,41,44)/b17-16+,21-19+/t33-,34+,35-,37-,38?,39?,40-/m0/s1. The van der Waals surface area contributed by atoms with Gasteiger partial charge >= 0.3 is 0 Å². The highest BCUT2D eigenvalue weighted by molar-refractivity contribution is 5.76. The fourth-order valence-electron chi connectivity index (χ4n) is 6.21. The molecule has 0 aromatic heterocycles. The van der Waals surface area contributed by atoms with Crippen LogP contribution < -0.4 is 5.32 Å². The molecule has 0 aliphatic carbocycles. The van der Waals surface area contributed by atoms with E-state index in [0.717, 1.165) is 64.2 Å². The number of unbranched alkanes of at least 4 members (excludes halogenated alkanes) is 18. The summed E-state index contributed by atoms with van der Waals surface area (Å²) < 4.78 is 11.2. The van der Waals surface area contributed by atoms with Gasteiger partial charge in [0.1, 0.15) is 24.4 Å². The van der Waals surface area contributed by atoms with Crippen LogP contribution in [-0.2, 0) is 14.3 Å². The van der Waals surface area contributed by atoms with Gasteiger partial charge in [-0.05, 0) is 64.2 Å². The van der Waals surface area contributed by atoms with Crippen molar-refractivity contribution >= 4 is 5.91 Å². The maximum absolute atomic E-state index is 12.9. The molecule has 9 nitrogen and oxygen atoms in total. The topological polar surface area (TPSA) is 149 Å². The van der Waals surface area contributed by atoms with Crippen LogP contribution in [0, 0.1) is 0 Å². The van der Waals surface area contributed by atoms with Crippen molar-refractivity contribution in [2.24, 2.45) is 0 Å². The number of hydrogen-bond acceptors (Lipinski definition) is 8. The normalized spacial score (nSPS) is 22.6. The smallest absolute Gasteiger partial charge is 0.220 e. The average Bonchev–Trinajstić information content (AvgIpc) is 3.10. The summed E-state index contributed by atoms with van der Waals surface area (Å²) in [6.45, 7) is 3.76. The lowest BCUT2D eigenvalue weighted by Gasteiger charge is -2.40. The fraction of sp³-hybridized carbons (Fsp3) is 0.875. The molecule has 1 heterocycles. The van der Waals surface area contributed by atoms with Crippen LogP contribution >= 0.6 is 0 Å². The van der Waals surface area contributed by atoms with Crippen molar-refractivity contribution < 1.29 is 39.8 Å². The van der Waals surface area contributed by atoms with Crippen LogP contribution in [0.1, 0.15) is 168 Å². The Balaban J connectivity index is 2.42. The molecule has 6 N–H and O–H groups in total. The van der Waals surface area contributed by atoms with E-state index >= 15 is 0 Å². The molecular weight excluding hydrogens is 622 g/mol. The van der Waals surface area contributed by atoms with Crippen LogP contribution in [-0.4, -0.2) is 87.5 Å². The minimum atomic E-state index is -1.56. The van der Waals surface area contributed by atoms with E-state index < -0.39 is 49.5 Å². The van der Waals surface area contributed by atoms with E-state index in [1.807, 2.05) is 0 Å². The zero-order valence-corrected chi connectivity index (χ0v) is 31.2. The second-order valence-corrected chi connectivity index (χ2v) is 14.1. The van der Waals surface area contributed by atoms with E-state index in [-0.39, 0.29) is 12.5 Å². The van der Waals surface area contributed by atoms with Gasteiger partial charge in [-0.2, -0.15) is 0 Å². The number of nitrogens with one attached hydrogen (secondary N) is 1. The molecule has 0 aromatic rings. The van der Waals surface area contributed by atoms with Crippen molar-refractivity contribution in [3.63, 3.8) is 0 Å². The van der Waals surface area contributed by atoms with Gasteiger partial charge in [-0.1, -0.05) is 122 Å². The maximum Gasteiger partial charge on any atom is 0.220 e. The van der Waals surface area contributed by atoms with Crippen molar-refractivity contribution in [1.82, 2.24) is 5.32 Å². The molecule has 1 fully saturated rings. The van der Waals surface area contributed by atoms with E-state index in [2.05, 4.69) is 43.5 Å². The zero-order valence-electron chi connectivity index (χ0n) is 31.2. The molecule has 0 bridgehead atoms.